The van der Waals surface area contributed by atoms with E-state index in [1.165, 1.54) is 6.92 Å². The van der Waals surface area contributed by atoms with Crippen molar-refractivity contribution in [1.29, 1.82) is 0 Å². The standard InChI is InChI=1S/C5H7N3O3/c1-3(8-11)4(5(9)10)7-6-2/h11H,2H2,1H3,(H,9,10). The normalized spacial score (nSPS) is 12.8. The third kappa shape index (κ3) is 2.57. The zero-order valence-electron chi connectivity index (χ0n) is 5.85. The van der Waals surface area contributed by atoms with Gasteiger partial charge in [0.2, 0.25) is 0 Å². The van der Waals surface area contributed by atoms with Gasteiger partial charge in [0.1, 0.15) is 5.71 Å². The zero-order valence-corrected chi connectivity index (χ0v) is 5.85. The van der Waals surface area contributed by atoms with Gasteiger partial charge < -0.3 is 10.3 Å². The minimum Gasteiger partial charge on any atom is -0.476 e. The summed E-state index contributed by atoms with van der Waals surface area (Å²) in [6.45, 7) is 4.25. The van der Waals surface area contributed by atoms with Gasteiger partial charge in [-0.25, -0.2) is 4.79 Å². The lowest BCUT2D eigenvalue weighted by atomic mass is 10.3. The summed E-state index contributed by atoms with van der Waals surface area (Å²) in [5.41, 5.74) is -0.549. The second kappa shape index (κ2) is 4.15. The van der Waals surface area contributed by atoms with Crippen LogP contribution in [0.5, 0.6) is 0 Å². The van der Waals surface area contributed by atoms with Crippen molar-refractivity contribution in [3.63, 3.8) is 0 Å². The topological polar surface area (TPSA) is 94.6 Å². The highest BCUT2D eigenvalue weighted by atomic mass is 16.4. The Hall–Kier alpha value is -1.72. The van der Waals surface area contributed by atoms with Crippen LogP contribution >= 0.6 is 0 Å². The molecule has 11 heavy (non-hydrogen) atoms. The van der Waals surface area contributed by atoms with E-state index in [0.717, 1.165) is 0 Å². The molecule has 0 aromatic rings. The van der Waals surface area contributed by atoms with Crippen LogP contribution in [0.3, 0.4) is 0 Å². The summed E-state index contributed by atoms with van der Waals surface area (Å²) in [4.78, 5) is 10.3. The number of carboxylic acid groups (broad SMARTS) is 1. The van der Waals surface area contributed by atoms with Gasteiger partial charge in [0.15, 0.2) is 5.71 Å². The number of nitrogens with zero attached hydrogens (tertiary/aromatic N) is 3. The van der Waals surface area contributed by atoms with Crippen LogP contribution in [0.15, 0.2) is 15.4 Å². The Balaban J connectivity index is 4.76. The fraction of sp³-hybridized carbons (Fsp3) is 0.200. The molecular weight excluding hydrogens is 150 g/mol. The van der Waals surface area contributed by atoms with Gasteiger partial charge in [0.05, 0.1) is 0 Å². The quantitative estimate of drug-likeness (QED) is 0.342. The van der Waals surface area contributed by atoms with Crippen LogP contribution in [-0.4, -0.2) is 34.4 Å². The molecule has 0 heterocycles. The number of oxime groups is 1. The molecule has 2 N–H and O–H groups in total. The molecule has 0 saturated heterocycles. The van der Waals surface area contributed by atoms with Crippen LogP contribution in [0.1, 0.15) is 6.92 Å². The van der Waals surface area contributed by atoms with Crippen molar-refractivity contribution in [3.8, 4) is 0 Å². The highest BCUT2D eigenvalue weighted by Crippen LogP contribution is 1.85. The first-order valence-electron chi connectivity index (χ1n) is 2.59. The van der Waals surface area contributed by atoms with Crippen molar-refractivity contribution in [3.05, 3.63) is 0 Å². The van der Waals surface area contributed by atoms with E-state index in [9.17, 15) is 4.79 Å². The lowest BCUT2D eigenvalue weighted by Crippen LogP contribution is -2.21. The van der Waals surface area contributed by atoms with Gasteiger partial charge in [-0.1, -0.05) is 5.16 Å². The molecule has 0 rings (SSSR count). The molecule has 0 aliphatic heterocycles. The predicted octanol–water partition coefficient (Wildman–Crippen LogP) is -0.0223. The molecule has 0 atom stereocenters. The first kappa shape index (κ1) is 9.28. The second-order valence-corrected chi connectivity index (χ2v) is 1.58. The van der Waals surface area contributed by atoms with Crippen molar-refractivity contribution in [2.45, 2.75) is 6.92 Å². The molecular formula is C5H7N3O3. The Morgan fingerprint density at radius 1 is 1.55 bits per heavy atom. The van der Waals surface area contributed by atoms with Gasteiger partial charge in [-0.05, 0) is 6.92 Å². The van der Waals surface area contributed by atoms with E-state index in [4.69, 9.17) is 10.3 Å². The third-order valence-corrected chi connectivity index (χ3v) is 0.866. The van der Waals surface area contributed by atoms with Gasteiger partial charge in [-0.2, -0.15) is 5.10 Å². The van der Waals surface area contributed by atoms with Gasteiger partial charge >= 0.3 is 5.97 Å². The molecule has 6 heteroatoms. The summed E-state index contributed by atoms with van der Waals surface area (Å²) in [5.74, 6) is -1.31. The van der Waals surface area contributed by atoms with E-state index in [2.05, 4.69) is 22.1 Å². The molecule has 0 aliphatic carbocycles. The van der Waals surface area contributed by atoms with E-state index in [-0.39, 0.29) is 5.71 Å². The maximum atomic E-state index is 10.3. The Kier molecular flexibility index (Phi) is 3.50. The van der Waals surface area contributed by atoms with E-state index in [1.807, 2.05) is 0 Å². The van der Waals surface area contributed by atoms with Gasteiger partial charge in [0, 0.05) is 6.72 Å². The number of rotatable bonds is 3. The average molecular weight is 157 g/mol. The number of carboxylic acids is 1. The minimum atomic E-state index is -1.31. The Bertz CT molecular complexity index is 231. The van der Waals surface area contributed by atoms with Crippen LogP contribution in [0.25, 0.3) is 0 Å². The van der Waals surface area contributed by atoms with Crippen LogP contribution in [0.4, 0.5) is 0 Å². The van der Waals surface area contributed by atoms with Crippen LogP contribution < -0.4 is 0 Å². The number of hydrogen-bond acceptors (Lipinski definition) is 5. The van der Waals surface area contributed by atoms with E-state index < -0.39 is 11.7 Å². The van der Waals surface area contributed by atoms with Crippen molar-refractivity contribution >= 4 is 24.1 Å². The second-order valence-electron chi connectivity index (χ2n) is 1.58. The molecule has 0 spiro atoms. The molecule has 0 aromatic heterocycles. The van der Waals surface area contributed by atoms with Crippen molar-refractivity contribution in [1.82, 2.24) is 0 Å². The largest absolute Gasteiger partial charge is 0.476 e. The van der Waals surface area contributed by atoms with Crippen molar-refractivity contribution in [2.24, 2.45) is 15.4 Å². The molecule has 0 fully saturated rings. The summed E-state index contributed by atoms with van der Waals surface area (Å²) in [6.07, 6.45) is 0. The highest BCUT2D eigenvalue weighted by Gasteiger charge is 2.13. The molecule has 0 aliphatic rings. The summed E-state index contributed by atoms with van der Waals surface area (Å²) in [5, 5.41) is 25.3. The van der Waals surface area contributed by atoms with Crippen LogP contribution in [-0.2, 0) is 4.79 Å². The molecule has 60 valence electrons. The number of aliphatic carboxylic acids is 1. The minimum absolute atomic E-state index is 0.120. The maximum Gasteiger partial charge on any atom is 0.358 e. The zero-order chi connectivity index (χ0) is 8.85. The maximum absolute atomic E-state index is 10.3. The van der Waals surface area contributed by atoms with Gasteiger partial charge in [-0.15, -0.1) is 5.10 Å². The SMILES string of the molecule is C=NN=C(C(=O)O)C(C)=NO. The lowest BCUT2D eigenvalue weighted by Gasteiger charge is -1.93. The van der Waals surface area contributed by atoms with Gasteiger partial charge in [-0.3, -0.25) is 0 Å². The molecule has 0 unspecified atom stereocenters. The molecule has 0 radical (unpaired) electrons. The Morgan fingerprint density at radius 3 is 2.36 bits per heavy atom. The summed E-state index contributed by atoms with van der Waals surface area (Å²) >= 11 is 0. The highest BCUT2D eigenvalue weighted by molar-refractivity contribution is 6.64. The first-order chi connectivity index (χ1) is 5.13. The summed E-state index contributed by atoms with van der Waals surface area (Å²) in [7, 11) is 0. The molecule has 0 saturated carbocycles. The van der Waals surface area contributed by atoms with Crippen molar-refractivity contribution in [2.75, 3.05) is 0 Å². The Labute approximate surface area is 62.6 Å². The number of carbonyl (C=O) groups is 1. The monoisotopic (exact) mass is 157 g/mol. The Morgan fingerprint density at radius 2 is 2.09 bits per heavy atom. The molecule has 6 nitrogen and oxygen atoms in total. The van der Waals surface area contributed by atoms with Crippen LogP contribution in [0, 0.1) is 0 Å². The van der Waals surface area contributed by atoms with Crippen molar-refractivity contribution < 1.29 is 15.1 Å². The third-order valence-electron chi connectivity index (χ3n) is 0.866. The molecule has 0 amide bonds. The lowest BCUT2D eigenvalue weighted by molar-refractivity contribution is -0.129. The van der Waals surface area contributed by atoms with Gasteiger partial charge in [0.25, 0.3) is 0 Å². The average Bonchev–Trinajstić information content (AvgIpc) is 1.98. The fourth-order valence-electron chi connectivity index (χ4n) is 0.388. The smallest absolute Gasteiger partial charge is 0.358 e. The predicted molar refractivity (Wildman–Crippen MR) is 39.5 cm³/mol. The summed E-state index contributed by atoms with van der Waals surface area (Å²) < 4.78 is 0. The first-order valence-corrected chi connectivity index (χ1v) is 2.59. The molecule has 0 aromatic carbocycles. The number of hydrogen-bond donors (Lipinski definition) is 2. The van der Waals surface area contributed by atoms with Crippen LogP contribution in [0.2, 0.25) is 0 Å². The summed E-state index contributed by atoms with van der Waals surface area (Å²) in [6, 6.07) is 0. The molecule has 0 bridgehead atoms. The fourth-order valence-corrected chi connectivity index (χ4v) is 0.388. The van der Waals surface area contributed by atoms with E-state index >= 15 is 0 Å². The van der Waals surface area contributed by atoms with E-state index in [1.54, 1.807) is 0 Å². The van der Waals surface area contributed by atoms with E-state index in [0.29, 0.717) is 0 Å².